The van der Waals surface area contributed by atoms with Gasteiger partial charge in [0.1, 0.15) is 0 Å². The van der Waals surface area contributed by atoms with Crippen molar-refractivity contribution in [1.29, 1.82) is 0 Å². The highest BCUT2D eigenvalue weighted by Crippen LogP contribution is 2.23. The van der Waals surface area contributed by atoms with Gasteiger partial charge in [-0.05, 0) is 42.3 Å². The monoisotopic (exact) mass is 237 g/mol. The summed E-state index contributed by atoms with van der Waals surface area (Å²) in [5.74, 6) is 0. The summed E-state index contributed by atoms with van der Waals surface area (Å²) < 4.78 is 0. The molecular weight excluding hydrogens is 222 g/mol. The van der Waals surface area contributed by atoms with E-state index in [4.69, 9.17) is 5.73 Å². The minimum absolute atomic E-state index is 0.537. The number of nitrogens with zero attached hydrogens (tertiary/aromatic N) is 1. The van der Waals surface area contributed by atoms with Gasteiger partial charge in [-0.3, -0.25) is 4.98 Å². The van der Waals surface area contributed by atoms with Gasteiger partial charge in [0.05, 0.1) is 11.4 Å². The van der Waals surface area contributed by atoms with Crippen molar-refractivity contribution in [2.24, 2.45) is 5.73 Å². The lowest BCUT2D eigenvalue weighted by Gasteiger charge is -1.99. The molecular formula is C15H15N3. The topological polar surface area (TPSA) is 54.7 Å². The molecule has 3 heteroatoms. The van der Waals surface area contributed by atoms with E-state index in [0.29, 0.717) is 6.54 Å². The van der Waals surface area contributed by atoms with Crippen molar-refractivity contribution in [1.82, 2.24) is 9.97 Å². The molecule has 0 aliphatic rings. The van der Waals surface area contributed by atoms with Crippen LogP contribution in [0.4, 0.5) is 0 Å². The van der Waals surface area contributed by atoms with E-state index in [9.17, 15) is 0 Å². The number of hydrogen-bond acceptors (Lipinski definition) is 2. The fourth-order valence-electron chi connectivity index (χ4n) is 2.13. The molecule has 3 nitrogen and oxygen atoms in total. The number of fused-ring (bicyclic) bond motifs is 1. The van der Waals surface area contributed by atoms with Crippen molar-refractivity contribution in [3.05, 3.63) is 53.7 Å². The molecule has 0 aliphatic carbocycles. The third kappa shape index (κ3) is 1.89. The summed E-state index contributed by atoms with van der Waals surface area (Å²) in [6, 6.07) is 12.5. The first kappa shape index (κ1) is 11.0. The largest absolute Gasteiger partial charge is 0.353 e. The van der Waals surface area contributed by atoms with Crippen molar-refractivity contribution in [2.45, 2.75) is 13.5 Å². The molecule has 2 heterocycles. The average Bonchev–Trinajstić information content (AvgIpc) is 2.81. The van der Waals surface area contributed by atoms with Gasteiger partial charge in [0, 0.05) is 23.6 Å². The Kier molecular flexibility index (Phi) is 2.61. The van der Waals surface area contributed by atoms with Crippen LogP contribution in [0, 0.1) is 6.92 Å². The van der Waals surface area contributed by atoms with Crippen molar-refractivity contribution in [3.8, 4) is 11.4 Å². The molecule has 0 saturated heterocycles. The fraction of sp³-hybridized carbons (Fsp3) is 0.133. The van der Waals surface area contributed by atoms with Crippen LogP contribution >= 0.6 is 0 Å². The number of aromatic amines is 1. The summed E-state index contributed by atoms with van der Waals surface area (Å²) in [6.07, 6.45) is 1.80. The summed E-state index contributed by atoms with van der Waals surface area (Å²) in [5, 5.41) is 1.20. The summed E-state index contributed by atoms with van der Waals surface area (Å²) in [6.45, 7) is 2.63. The van der Waals surface area contributed by atoms with Gasteiger partial charge in [0.25, 0.3) is 0 Å². The SMILES string of the molecule is Cc1ccc2cc(-c3cc(CN)ccn3)[nH]c2c1. The predicted octanol–water partition coefficient (Wildman–Crippen LogP) is 3.00. The predicted molar refractivity (Wildman–Crippen MR) is 74.2 cm³/mol. The van der Waals surface area contributed by atoms with Gasteiger partial charge in [0.2, 0.25) is 0 Å². The summed E-state index contributed by atoms with van der Waals surface area (Å²) in [4.78, 5) is 7.79. The van der Waals surface area contributed by atoms with E-state index in [1.807, 2.05) is 12.1 Å². The molecule has 1 aromatic carbocycles. The highest BCUT2D eigenvalue weighted by molar-refractivity contribution is 5.85. The molecule has 0 bridgehead atoms. The Bertz CT molecular complexity index is 698. The van der Waals surface area contributed by atoms with E-state index < -0.39 is 0 Å². The molecule has 0 amide bonds. The molecule has 0 aliphatic heterocycles. The van der Waals surface area contributed by atoms with E-state index in [0.717, 1.165) is 22.5 Å². The molecule has 0 unspecified atom stereocenters. The molecule has 0 spiro atoms. The maximum absolute atomic E-state index is 5.65. The van der Waals surface area contributed by atoms with E-state index in [1.165, 1.54) is 10.9 Å². The third-order valence-corrected chi connectivity index (χ3v) is 3.11. The van der Waals surface area contributed by atoms with Gasteiger partial charge in [-0.1, -0.05) is 12.1 Å². The Morgan fingerprint density at radius 2 is 2.06 bits per heavy atom. The first-order valence-corrected chi connectivity index (χ1v) is 6.01. The van der Waals surface area contributed by atoms with Crippen LogP contribution in [-0.4, -0.2) is 9.97 Å². The van der Waals surface area contributed by atoms with Crippen molar-refractivity contribution in [3.63, 3.8) is 0 Å². The standard InChI is InChI=1S/C15H15N3/c1-10-2-3-12-8-15(18-13(12)6-10)14-7-11(9-16)4-5-17-14/h2-8,18H,9,16H2,1H3. The Morgan fingerprint density at radius 3 is 2.89 bits per heavy atom. The summed E-state index contributed by atoms with van der Waals surface area (Å²) in [7, 11) is 0. The molecule has 0 fully saturated rings. The van der Waals surface area contributed by atoms with Crippen molar-refractivity contribution < 1.29 is 0 Å². The number of pyridine rings is 1. The lowest BCUT2D eigenvalue weighted by atomic mass is 10.1. The number of aromatic nitrogens is 2. The lowest BCUT2D eigenvalue weighted by Crippen LogP contribution is -1.97. The second-order valence-corrected chi connectivity index (χ2v) is 4.53. The zero-order valence-corrected chi connectivity index (χ0v) is 10.3. The average molecular weight is 237 g/mol. The number of benzene rings is 1. The Hall–Kier alpha value is -2.13. The molecule has 2 aromatic heterocycles. The van der Waals surface area contributed by atoms with Crippen LogP contribution < -0.4 is 5.73 Å². The highest BCUT2D eigenvalue weighted by atomic mass is 14.8. The van der Waals surface area contributed by atoms with Crippen molar-refractivity contribution >= 4 is 10.9 Å². The lowest BCUT2D eigenvalue weighted by molar-refractivity contribution is 1.06. The number of rotatable bonds is 2. The van der Waals surface area contributed by atoms with Crippen LogP contribution in [0.2, 0.25) is 0 Å². The Labute approximate surface area is 106 Å². The zero-order chi connectivity index (χ0) is 12.5. The molecule has 0 atom stereocenters. The maximum atomic E-state index is 5.65. The van der Waals surface area contributed by atoms with Crippen LogP contribution in [-0.2, 0) is 6.54 Å². The first-order valence-electron chi connectivity index (χ1n) is 6.01. The summed E-state index contributed by atoms with van der Waals surface area (Å²) >= 11 is 0. The number of aryl methyl sites for hydroxylation is 1. The first-order chi connectivity index (χ1) is 8.76. The normalized spacial score (nSPS) is 11.0. The second kappa shape index (κ2) is 4.27. The van der Waals surface area contributed by atoms with Crippen LogP contribution in [0.15, 0.2) is 42.6 Å². The van der Waals surface area contributed by atoms with Gasteiger partial charge in [0.15, 0.2) is 0 Å². The number of hydrogen-bond donors (Lipinski definition) is 2. The molecule has 3 N–H and O–H groups in total. The fourth-order valence-corrected chi connectivity index (χ4v) is 2.13. The molecule has 0 radical (unpaired) electrons. The Balaban J connectivity index is 2.13. The van der Waals surface area contributed by atoms with Gasteiger partial charge in [-0.15, -0.1) is 0 Å². The number of H-pyrrole nitrogens is 1. The third-order valence-electron chi connectivity index (χ3n) is 3.11. The molecule has 0 saturated carbocycles. The van der Waals surface area contributed by atoms with Gasteiger partial charge >= 0.3 is 0 Å². The van der Waals surface area contributed by atoms with E-state index in [2.05, 4.69) is 41.2 Å². The Morgan fingerprint density at radius 1 is 1.17 bits per heavy atom. The minimum Gasteiger partial charge on any atom is -0.353 e. The second-order valence-electron chi connectivity index (χ2n) is 4.53. The van der Waals surface area contributed by atoms with Crippen molar-refractivity contribution in [2.75, 3.05) is 0 Å². The van der Waals surface area contributed by atoms with Gasteiger partial charge in [-0.2, -0.15) is 0 Å². The minimum atomic E-state index is 0.537. The van der Waals surface area contributed by atoms with Gasteiger partial charge < -0.3 is 10.7 Å². The highest BCUT2D eigenvalue weighted by Gasteiger charge is 2.05. The quantitative estimate of drug-likeness (QED) is 0.720. The van der Waals surface area contributed by atoms with Crippen LogP contribution in [0.1, 0.15) is 11.1 Å². The van der Waals surface area contributed by atoms with E-state index >= 15 is 0 Å². The van der Waals surface area contributed by atoms with E-state index in [-0.39, 0.29) is 0 Å². The maximum Gasteiger partial charge on any atom is 0.0867 e. The van der Waals surface area contributed by atoms with Crippen LogP contribution in [0.3, 0.4) is 0 Å². The van der Waals surface area contributed by atoms with Crippen LogP contribution in [0.25, 0.3) is 22.3 Å². The number of nitrogens with two attached hydrogens (primary N) is 1. The molecule has 18 heavy (non-hydrogen) atoms. The van der Waals surface area contributed by atoms with Crippen LogP contribution in [0.5, 0.6) is 0 Å². The number of nitrogens with one attached hydrogen (secondary N) is 1. The molecule has 3 rings (SSSR count). The molecule has 90 valence electrons. The zero-order valence-electron chi connectivity index (χ0n) is 10.3. The van der Waals surface area contributed by atoms with Gasteiger partial charge in [-0.25, -0.2) is 0 Å². The smallest absolute Gasteiger partial charge is 0.0867 e. The molecule has 3 aromatic rings. The van der Waals surface area contributed by atoms with E-state index in [1.54, 1.807) is 6.20 Å². The summed E-state index contributed by atoms with van der Waals surface area (Å²) in [5.41, 5.74) is 11.1.